The summed E-state index contributed by atoms with van der Waals surface area (Å²) in [6.07, 6.45) is 0. The largest absolute Gasteiger partial charge is 0.486 e. The van der Waals surface area contributed by atoms with E-state index in [1.165, 1.54) is 13.2 Å². The normalized spacial score (nSPS) is 13.9. The molecule has 92 valence electrons. The Morgan fingerprint density at radius 3 is 3.00 bits per heavy atom. The third kappa shape index (κ3) is 2.15. The Hall–Kier alpha value is -1.85. The Kier molecular flexibility index (Phi) is 3.12. The number of carbonyl (C=O) groups excluding carboxylic acids is 1. The lowest BCUT2D eigenvalue weighted by Crippen LogP contribution is -2.37. The Morgan fingerprint density at radius 2 is 2.29 bits per heavy atom. The van der Waals surface area contributed by atoms with E-state index in [4.69, 9.17) is 4.74 Å². The summed E-state index contributed by atoms with van der Waals surface area (Å²) in [7, 11) is 1.27. The molecule has 0 aromatic heterocycles. The molecule has 0 atom stereocenters. The van der Waals surface area contributed by atoms with E-state index < -0.39 is 17.6 Å². The van der Waals surface area contributed by atoms with Crippen molar-refractivity contribution in [2.45, 2.75) is 0 Å². The summed E-state index contributed by atoms with van der Waals surface area (Å²) in [6, 6.07) is 2.39. The first kappa shape index (κ1) is 11.6. The number of halogens is 2. The number of rotatable bonds is 2. The van der Waals surface area contributed by atoms with Crippen molar-refractivity contribution >= 4 is 11.7 Å². The van der Waals surface area contributed by atoms with Gasteiger partial charge in [0.2, 0.25) is 5.82 Å². The summed E-state index contributed by atoms with van der Waals surface area (Å²) in [4.78, 5) is 12.8. The molecule has 2 rings (SSSR count). The molecule has 1 aliphatic heterocycles. The molecule has 1 aromatic rings. The van der Waals surface area contributed by atoms with Gasteiger partial charge in [-0.05, 0) is 12.1 Å². The van der Waals surface area contributed by atoms with Crippen LogP contribution in [0.3, 0.4) is 0 Å². The van der Waals surface area contributed by atoms with E-state index in [-0.39, 0.29) is 18.9 Å². The summed E-state index contributed by atoms with van der Waals surface area (Å²) < 4.78 is 36.0. The molecule has 1 aliphatic rings. The van der Waals surface area contributed by atoms with Crippen molar-refractivity contribution in [1.82, 2.24) is 0 Å². The standard InChI is InChI=1S/C11H11F2NO3/c1-16-9(15)6-14-4-5-17-11-8(14)3-2-7(12)10(11)13/h2-3H,4-6H2,1H3. The second kappa shape index (κ2) is 4.57. The van der Waals surface area contributed by atoms with Gasteiger partial charge in [0.1, 0.15) is 13.2 Å². The number of fused-ring (bicyclic) bond motifs is 1. The average Bonchev–Trinajstić information content (AvgIpc) is 2.34. The predicted octanol–water partition coefficient (Wildman–Crippen LogP) is 1.34. The van der Waals surface area contributed by atoms with Gasteiger partial charge in [-0.15, -0.1) is 0 Å². The molecule has 0 aliphatic carbocycles. The second-order valence-electron chi connectivity index (χ2n) is 3.56. The number of nitrogens with zero attached hydrogens (tertiary/aromatic N) is 1. The number of hydrogen-bond donors (Lipinski definition) is 0. The van der Waals surface area contributed by atoms with Gasteiger partial charge in [-0.3, -0.25) is 4.79 Å². The van der Waals surface area contributed by atoms with Crippen molar-refractivity contribution < 1.29 is 23.0 Å². The average molecular weight is 243 g/mol. The van der Waals surface area contributed by atoms with Crippen LogP contribution in [0.1, 0.15) is 0 Å². The van der Waals surface area contributed by atoms with Crippen LogP contribution < -0.4 is 9.64 Å². The molecular formula is C11H11F2NO3. The fourth-order valence-electron chi connectivity index (χ4n) is 1.67. The van der Waals surface area contributed by atoms with Gasteiger partial charge in [-0.25, -0.2) is 4.39 Å². The molecule has 6 heteroatoms. The molecule has 0 spiro atoms. The summed E-state index contributed by atoms with van der Waals surface area (Å²) in [6.45, 7) is 0.607. The Bertz CT molecular complexity index is 451. The van der Waals surface area contributed by atoms with Crippen molar-refractivity contribution in [2.24, 2.45) is 0 Å². The van der Waals surface area contributed by atoms with E-state index in [1.807, 2.05) is 0 Å². The first-order chi connectivity index (χ1) is 8.13. The fraction of sp³-hybridized carbons (Fsp3) is 0.364. The quantitative estimate of drug-likeness (QED) is 0.735. The van der Waals surface area contributed by atoms with Crippen molar-refractivity contribution in [3.63, 3.8) is 0 Å². The number of hydrogen-bond acceptors (Lipinski definition) is 4. The van der Waals surface area contributed by atoms with Gasteiger partial charge in [0.05, 0.1) is 19.3 Å². The number of ether oxygens (including phenoxy) is 2. The van der Waals surface area contributed by atoms with Crippen LogP contribution in [0.5, 0.6) is 5.75 Å². The van der Waals surface area contributed by atoms with Gasteiger partial charge in [0, 0.05) is 0 Å². The van der Waals surface area contributed by atoms with E-state index in [9.17, 15) is 13.6 Å². The Morgan fingerprint density at radius 1 is 1.53 bits per heavy atom. The van der Waals surface area contributed by atoms with E-state index >= 15 is 0 Å². The first-order valence-corrected chi connectivity index (χ1v) is 5.06. The van der Waals surface area contributed by atoms with Crippen LogP contribution in [0.25, 0.3) is 0 Å². The molecule has 1 aromatic carbocycles. The lowest BCUT2D eigenvalue weighted by atomic mass is 10.2. The number of esters is 1. The van der Waals surface area contributed by atoms with Crippen LogP contribution in [0.4, 0.5) is 14.5 Å². The smallest absolute Gasteiger partial charge is 0.325 e. The Labute approximate surface area is 96.7 Å². The zero-order valence-electron chi connectivity index (χ0n) is 9.20. The van der Waals surface area contributed by atoms with Crippen molar-refractivity contribution in [2.75, 3.05) is 31.7 Å². The van der Waals surface area contributed by atoms with E-state index in [2.05, 4.69) is 4.74 Å². The maximum absolute atomic E-state index is 13.4. The van der Waals surface area contributed by atoms with Crippen LogP contribution in [-0.4, -0.2) is 32.8 Å². The van der Waals surface area contributed by atoms with Crippen LogP contribution in [0.2, 0.25) is 0 Å². The highest BCUT2D eigenvalue weighted by molar-refractivity contribution is 5.77. The molecule has 0 amide bonds. The zero-order valence-corrected chi connectivity index (χ0v) is 9.20. The molecule has 0 fully saturated rings. The molecule has 0 unspecified atom stereocenters. The van der Waals surface area contributed by atoms with Gasteiger partial charge in [0.15, 0.2) is 11.6 Å². The van der Waals surface area contributed by atoms with Gasteiger partial charge in [-0.2, -0.15) is 4.39 Å². The lowest BCUT2D eigenvalue weighted by Gasteiger charge is -2.30. The van der Waals surface area contributed by atoms with Crippen LogP contribution in [-0.2, 0) is 9.53 Å². The highest BCUT2D eigenvalue weighted by Crippen LogP contribution is 2.35. The molecule has 4 nitrogen and oxygen atoms in total. The van der Waals surface area contributed by atoms with Crippen LogP contribution in [0, 0.1) is 11.6 Å². The third-order valence-corrected chi connectivity index (χ3v) is 2.53. The molecule has 0 N–H and O–H groups in total. The number of anilines is 1. The summed E-state index contributed by atoms with van der Waals surface area (Å²) in [5, 5.41) is 0. The van der Waals surface area contributed by atoms with Crippen molar-refractivity contribution in [3.8, 4) is 5.75 Å². The minimum atomic E-state index is -1.03. The number of methoxy groups -OCH3 is 1. The highest BCUT2D eigenvalue weighted by atomic mass is 19.2. The first-order valence-electron chi connectivity index (χ1n) is 5.06. The van der Waals surface area contributed by atoms with E-state index in [1.54, 1.807) is 4.90 Å². The summed E-state index contributed by atoms with van der Waals surface area (Å²) in [5.41, 5.74) is 0.362. The molecule has 0 radical (unpaired) electrons. The number of benzene rings is 1. The van der Waals surface area contributed by atoms with Crippen molar-refractivity contribution in [1.29, 1.82) is 0 Å². The molecule has 0 saturated heterocycles. The lowest BCUT2D eigenvalue weighted by molar-refractivity contribution is -0.139. The topological polar surface area (TPSA) is 38.8 Å². The predicted molar refractivity (Wildman–Crippen MR) is 56.1 cm³/mol. The molecule has 0 bridgehead atoms. The van der Waals surface area contributed by atoms with Gasteiger partial charge in [-0.1, -0.05) is 0 Å². The monoisotopic (exact) mass is 243 g/mol. The maximum Gasteiger partial charge on any atom is 0.325 e. The molecule has 0 saturated carbocycles. The van der Waals surface area contributed by atoms with E-state index in [0.717, 1.165) is 6.07 Å². The minimum Gasteiger partial charge on any atom is -0.486 e. The molecule has 1 heterocycles. The van der Waals surface area contributed by atoms with Crippen LogP contribution >= 0.6 is 0 Å². The van der Waals surface area contributed by atoms with Crippen LogP contribution in [0.15, 0.2) is 12.1 Å². The summed E-state index contributed by atoms with van der Waals surface area (Å²) >= 11 is 0. The molecular weight excluding hydrogens is 232 g/mol. The van der Waals surface area contributed by atoms with Crippen molar-refractivity contribution in [3.05, 3.63) is 23.8 Å². The number of carbonyl (C=O) groups is 1. The van der Waals surface area contributed by atoms with Gasteiger partial charge in [0.25, 0.3) is 0 Å². The van der Waals surface area contributed by atoms with Gasteiger partial charge < -0.3 is 14.4 Å². The molecule has 17 heavy (non-hydrogen) atoms. The second-order valence-corrected chi connectivity index (χ2v) is 3.56. The third-order valence-electron chi connectivity index (χ3n) is 2.53. The summed E-state index contributed by atoms with van der Waals surface area (Å²) in [5.74, 6) is -2.59. The van der Waals surface area contributed by atoms with E-state index in [0.29, 0.717) is 12.2 Å². The fourth-order valence-corrected chi connectivity index (χ4v) is 1.67. The zero-order chi connectivity index (χ0) is 12.4. The maximum atomic E-state index is 13.4. The Balaban J connectivity index is 2.32. The SMILES string of the molecule is COC(=O)CN1CCOc2c1ccc(F)c2F. The van der Waals surface area contributed by atoms with Gasteiger partial charge >= 0.3 is 5.97 Å². The highest BCUT2D eigenvalue weighted by Gasteiger charge is 2.25. The minimum absolute atomic E-state index is 0.0159.